The van der Waals surface area contributed by atoms with Gasteiger partial charge in [-0.2, -0.15) is 5.10 Å². The minimum absolute atomic E-state index is 0.0644. The van der Waals surface area contributed by atoms with E-state index in [1.165, 1.54) is 46.4 Å². The Morgan fingerprint density at radius 2 is 2.00 bits per heavy atom. The van der Waals surface area contributed by atoms with E-state index < -0.39 is 10.8 Å². The predicted octanol–water partition coefficient (Wildman–Crippen LogP) is 4.22. The number of hydrogen-bond acceptors (Lipinski definition) is 6. The Balaban J connectivity index is 1.44. The highest BCUT2D eigenvalue weighted by atomic mass is 32.1. The molecule has 1 N–H and O–H groups in total. The summed E-state index contributed by atoms with van der Waals surface area (Å²) in [6.07, 6.45) is 3.79. The fraction of sp³-hybridized carbons (Fsp3) is 0.0500. The molecule has 0 bridgehead atoms. The van der Waals surface area contributed by atoms with Gasteiger partial charge in [0.25, 0.3) is 11.6 Å². The quantitative estimate of drug-likeness (QED) is 0.369. The monoisotopic (exact) mass is 423 g/mol. The van der Waals surface area contributed by atoms with Gasteiger partial charge in [-0.3, -0.25) is 20.2 Å². The number of thiazole rings is 1. The highest BCUT2D eigenvalue weighted by Crippen LogP contribution is 2.22. The van der Waals surface area contributed by atoms with Crippen LogP contribution in [0.5, 0.6) is 0 Å². The van der Waals surface area contributed by atoms with E-state index in [2.05, 4.69) is 15.4 Å². The van der Waals surface area contributed by atoms with Crippen LogP contribution in [-0.2, 0) is 6.42 Å². The zero-order valence-corrected chi connectivity index (χ0v) is 16.2. The minimum Gasteiger partial charge on any atom is -0.296 e. The summed E-state index contributed by atoms with van der Waals surface area (Å²) in [4.78, 5) is 28.0. The summed E-state index contributed by atoms with van der Waals surface area (Å²) in [6, 6.07) is 13.7. The summed E-state index contributed by atoms with van der Waals surface area (Å²) >= 11 is 1.32. The van der Waals surface area contributed by atoms with E-state index in [1.807, 2.05) is 0 Å². The van der Waals surface area contributed by atoms with Crippen LogP contribution in [0.25, 0.3) is 5.69 Å². The SMILES string of the molecule is O=C(Nc1ncc(Cc2ccc(F)cc2)s1)c1ccn(-c2cccc([N+](=O)[O-])c2)n1. The number of nitrogens with zero attached hydrogens (tertiary/aromatic N) is 4. The summed E-state index contributed by atoms with van der Waals surface area (Å²) in [5, 5.41) is 18.2. The van der Waals surface area contributed by atoms with Gasteiger partial charge in [0.15, 0.2) is 10.8 Å². The first kappa shape index (κ1) is 19.4. The molecule has 150 valence electrons. The molecule has 0 atom stereocenters. The van der Waals surface area contributed by atoms with E-state index in [9.17, 15) is 19.3 Å². The van der Waals surface area contributed by atoms with Crippen molar-refractivity contribution >= 4 is 28.1 Å². The molecule has 4 rings (SSSR count). The van der Waals surface area contributed by atoms with Gasteiger partial charge in [0.05, 0.1) is 10.6 Å². The van der Waals surface area contributed by atoms with E-state index in [0.717, 1.165) is 10.4 Å². The molecule has 1 amide bonds. The molecular formula is C20H14FN5O3S. The van der Waals surface area contributed by atoms with Crippen LogP contribution in [0.3, 0.4) is 0 Å². The Hall–Kier alpha value is -3.92. The number of carbonyl (C=O) groups is 1. The lowest BCUT2D eigenvalue weighted by molar-refractivity contribution is -0.384. The van der Waals surface area contributed by atoms with Crippen LogP contribution in [0.4, 0.5) is 15.2 Å². The van der Waals surface area contributed by atoms with E-state index >= 15 is 0 Å². The lowest BCUT2D eigenvalue weighted by Gasteiger charge is -2.01. The Morgan fingerprint density at radius 3 is 2.77 bits per heavy atom. The number of nitro groups is 1. The number of hydrogen-bond donors (Lipinski definition) is 1. The Morgan fingerprint density at radius 1 is 1.20 bits per heavy atom. The Kier molecular flexibility index (Phi) is 5.31. The van der Waals surface area contributed by atoms with Crippen molar-refractivity contribution in [3.8, 4) is 5.69 Å². The van der Waals surface area contributed by atoms with Crippen LogP contribution in [-0.4, -0.2) is 25.6 Å². The van der Waals surface area contributed by atoms with Gasteiger partial charge in [0.2, 0.25) is 0 Å². The number of non-ortho nitro benzene ring substituents is 1. The van der Waals surface area contributed by atoms with Gasteiger partial charge in [-0.25, -0.2) is 14.1 Å². The molecule has 8 nitrogen and oxygen atoms in total. The van der Waals surface area contributed by atoms with Gasteiger partial charge in [-0.1, -0.05) is 18.2 Å². The molecule has 2 aromatic carbocycles. The van der Waals surface area contributed by atoms with Crippen LogP contribution < -0.4 is 5.32 Å². The largest absolute Gasteiger partial charge is 0.296 e. The van der Waals surface area contributed by atoms with Gasteiger partial charge in [0.1, 0.15) is 5.82 Å². The van der Waals surface area contributed by atoms with E-state index in [1.54, 1.807) is 36.7 Å². The van der Waals surface area contributed by atoms with Gasteiger partial charge in [-0.05, 0) is 29.8 Å². The molecule has 0 unspecified atom stereocenters. The standard InChI is InChI=1S/C20H14FN5O3S/c21-14-6-4-13(5-7-14)10-17-12-22-20(30-17)23-19(27)18-8-9-25(24-18)15-2-1-3-16(11-15)26(28)29/h1-9,11-12H,10H2,(H,22,23,27). The predicted molar refractivity (Wildman–Crippen MR) is 109 cm³/mol. The van der Waals surface area contributed by atoms with Crippen LogP contribution in [0.15, 0.2) is 67.0 Å². The molecule has 30 heavy (non-hydrogen) atoms. The second-order valence-corrected chi connectivity index (χ2v) is 7.43. The number of halogens is 1. The third-order valence-electron chi connectivity index (χ3n) is 4.19. The molecule has 2 heterocycles. The molecule has 0 radical (unpaired) electrons. The van der Waals surface area contributed by atoms with Crippen molar-refractivity contribution in [3.05, 3.63) is 99.1 Å². The number of nitro benzene ring substituents is 1. The first-order valence-electron chi connectivity index (χ1n) is 8.79. The normalized spacial score (nSPS) is 10.7. The third-order valence-corrected chi connectivity index (χ3v) is 5.11. The first-order valence-corrected chi connectivity index (χ1v) is 9.60. The summed E-state index contributed by atoms with van der Waals surface area (Å²) < 4.78 is 14.4. The lowest BCUT2D eigenvalue weighted by Crippen LogP contribution is -2.13. The molecule has 0 spiro atoms. The highest BCUT2D eigenvalue weighted by molar-refractivity contribution is 7.15. The molecule has 0 saturated carbocycles. The lowest BCUT2D eigenvalue weighted by atomic mass is 10.1. The number of benzene rings is 2. The van der Waals surface area contributed by atoms with Gasteiger partial charge in [0, 0.05) is 35.8 Å². The smallest absolute Gasteiger partial charge is 0.277 e. The fourth-order valence-electron chi connectivity index (χ4n) is 2.75. The molecular weight excluding hydrogens is 409 g/mol. The molecule has 2 aromatic heterocycles. The van der Waals surface area contributed by atoms with E-state index in [-0.39, 0.29) is 17.2 Å². The van der Waals surface area contributed by atoms with Gasteiger partial charge < -0.3 is 0 Å². The Bertz CT molecular complexity index is 1220. The topological polar surface area (TPSA) is 103 Å². The summed E-state index contributed by atoms with van der Waals surface area (Å²) in [5.41, 5.74) is 1.50. The molecule has 0 aliphatic rings. The molecule has 0 aliphatic heterocycles. The summed E-state index contributed by atoms with van der Waals surface area (Å²) in [6.45, 7) is 0. The number of rotatable bonds is 6. The third kappa shape index (κ3) is 4.39. The number of nitrogens with one attached hydrogen (secondary N) is 1. The van der Waals surface area contributed by atoms with Crippen molar-refractivity contribution in [1.29, 1.82) is 0 Å². The average Bonchev–Trinajstić information content (AvgIpc) is 3.40. The zero-order valence-electron chi connectivity index (χ0n) is 15.4. The van der Waals surface area contributed by atoms with Crippen molar-refractivity contribution in [1.82, 2.24) is 14.8 Å². The van der Waals surface area contributed by atoms with Crippen LogP contribution in [0, 0.1) is 15.9 Å². The maximum absolute atomic E-state index is 13.0. The summed E-state index contributed by atoms with van der Waals surface area (Å²) in [7, 11) is 0. The molecule has 0 fully saturated rings. The van der Waals surface area contributed by atoms with Crippen molar-refractivity contribution in [3.63, 3.8) is 0 Å². The number of carbonyl (C=O) groups excluding carboxylic acids is 1. The summed E-state index contributed by atoms with van der Waals surface area (Å²) in [5.74, 6) is -0.734. The van der Waals surface area contributed by atoms with Gasteiger partial charge >= 0.3 is 0 Å². The maximum atomic E-state index is 13.0. The number of aromatic nitrogens is 3. The zero-order chi connectivity index (χ0) is 21.1. The van der Waals surface area contributed by atoms with Crippen molar-refractivity contribution in [2.24, 2.45) is 0 Å². The van der Waals surface area contributed by atoms with Crippen molar-refractivity contribution < 1.29 is 14.1 Å². The van der Waals surface area contributed by atoms with Gasteiger partial charge in [-0.15, -0.1) is 11.3 Å². The fourth-order valence-corrected chi connectivity index (χ4v) is 3.59. The van der Waals surface area contributed by atoms with Crippen molar-refractivity contribution in [2.75, 3.05) is 5.32 Å². The Labute approximate surface area is 173 Å². The first-order chi connectivity index (χ1) is 14.5. The van der Waals surface area contributed by atoms with Crippen molar-refractivity contribution in [2.45, 2.75) is 6.42 Å². The second-order valence-electron chi connectivity index (χ2n) is 6.31. The van der Waals surface area contributed by atoms with Crippen LogP contribution >= 0.6 is 11.3 Å². The maximum Gasteiger partial charge on any atom is 0.277 e. The van der Waals surface area contributed by atoms with Crippen LogP contribution in [0.1, 0.15) is 20.9 Å². The van der Waals surface area contributed by atoms with E-state index in [0.29, 0.717) is 17.2 Å². The molecule has 0 aliphatic carbocycles. The molecule has 10 heteroatoms. The average molecular weight is 423 g/mol. The molecule has 0 saturated heterocycles. The van der Waals surface area contributed by atoms with E-state index in [4.69, 9.17) is 0 Å². The highest BCUT2D eigenvalue weighted by Gasteiger charge is 2.14. The molecule has 4 aromatic rings. The minimum atomic E-state index is -0.493. The number of amides is 1. The van der Waals surface area contributed by atoms with Crippen LogP contribution in [0.2, 0.25) is 0 Å². The number of anilines is 1. The second kappa shape index (κ2) is 8.21.